The van der Waals surface area contributed by atoms with Gasteiger partial charge in [-0.05, 0) is 80.0 Å². The van der Waals surface area contributed by atoms with Gasteiger partial charge in [-0.15, -0.1) is 24.5 Å². The number of carbonyl (C=O) groups is 1. The summed E-state index contributed by atoms with van der Waals surface area (Å²) in [6, 6.07) is 12.7. The molecule has 4 rings (SSSR count). The Bertz CT molecular complexity index is 1300. The van der Waals surface area contributed by atoms with Crippen LogP contribution in [0.2, 0.25) is 0 Å². The van der Waals surface area contributed by atoms with Gasteiger partial charge < -0.3 is 14.2 Å². The molecule has 8 heteroatoms. The van der Waals surface area contributed by atoms with Gasteiger partial charge in [-0.3, -0.25) is 0 Å². The molecule has 0 spiro atoms. The average Bonchev–Trinajstić information content (AvgIpc) is 3.41. The summed E-state index contributed by atoms with van der Waals surface area (Å²) in [5.41, 5.74) is 1.61. The molecule has 1 aliphatic carbocycles. The minimum Gasteiger partial charge on any atom is -0.490 e. The van der Waals surface area contributed by atoms with Crippen LogP contribution in [0.1, 0.15) is 58.4 Å². The van der Waals surface area contributed by atoms with Crippen LogP contribution >= 0.6 is 11.3 Å². The Kier molecular flexibility index (Phi) is 8.71. The molecule has 204 valence electrons. The zero-order valence-corrected chi connectivity index (χ0v) is 22.7. The number of esters is 1. The molecule has 3 aromatic rings. The van der Waals surface area contributed by atoms with Gasteiger partial charge in [0.05, 0.1) is 0 Å². The third kappa shape index (κ3) is 6.90. The second-order valence-corrected chi connectivity index (χ2v) is 11.0. The van der Waals surface area contributed by atoms with Crippen LogP contribution in [0.4, 0.5) is 13.2 Å². The lowest BCUT2D eigenvalue weighted by atomic mass is 10.0. The van der Waals surface area contributed by atoms with E-state index >= 15 is 0 Å². The number of alkyl halides is 3. The summed E-state index contributed by atoms with van der Waals surface area (Å²) in [5.74, 6) is 0.126. The van der Waals surface area contributed by atoms with E-state index in [0.717, 1.165) is 41.3 Å². The van der Waals surface area contributed by atoms with Crippen LogP contribution in [-0.4, -0.2) is 24.5 Å². The Morgan fingerprint density at radius 3 is 2.55 bits per heavy atom. The number of rotatable bonds is 10. The Labute approximate surface area is 225 Å². The quantitative estimate of drug-likeness (QED) is 0.145. The van der Waals surface area contributed by atoms with Gasteiger partial charge in [0.15, 0.2) is 0 Å². The van der Waals surface area contributed by atoms with E-state index in [1.165, 1.54) is 17.4 Å². The van der Waals surface area contributed by atoms with Crippen molar-refractivity contribution in [1.82, 2.24) is 0 Å². The molecule has 0 saturated heterocycles. The van der Waals surface area contributed by atoms with E-state index in [2.05, 4.69) is 18.2 Å². The monoisotopic (exact) mass is 546 g/mol. The predicted octanol–water partition coefficient (Wildman–Crippen LogP) is 8.86. The van der Waals surface area contributed by atoms with Crippen LogP contribution in [-0.2, 0) is 16.0 Å². The van der Waals surface area contributed by atoms with Crippen molar-refractivity contribution >= 4 is 27.4 Å². The topological polar surface area (TPSA) is 44.8 Å². The first-order chi connectivity index (χ1) is 18.0. The van der Waals surface area contributed by atoms with Gasteiger partial charge in [-0.1, -0.05) is 39.3 Å². The summed E-state index contributed by atoms with van der Waals surface area (Å²) < 4.78 is 56.8. The van der Waals surface area contributed by atoms with E-state index < -0.39 is 12.3 Å². The highest BCUT2D eigenvalue weighted by atomic mass is 32.1. The van der Waals surface area contributed by atoms with Crippen molar-refractivity contribution < 1.29 is 32.2 Å². The number of aryl methyl sites for hydroxylation is 1. The number of fused-ring (bicyclic) bond motifs is 1. The zero-order chi connectivity index (χ0) is 27.4. The first-order valence-electron chi connectivity index (χ1n) is 13.0. The molecule has 1 heterocycles. The van der Waals surface area contributed by atoms with Gasteiger partial charge in [0, 0.05) is 26.6 Å². The normalized spacial score (nSPS) is 19.5. The number of benzene rings is 2. The molecule has 1 aromatic heterocycles. The molecular weight excluding hydrogens is 513 g/mol. The van der Waals surface area contributed by atoms with Crippen LogP contribution in [0.5, 0.6) is 11.5 Å². The number of hydrogen-bond donors (Lipinski definition) is 0. The summed E-state index contributed by atoms with van der Waals surface area (Å²) in [7, 11) is 0. The second kappa shape index (κ2) is 11.8. The number of thiophene rings is 1. The maximum atomic E-state index is 13.2. The minimum atomic E-state index is -4.77. The fourth-order valence-electron chi connectivity index (χ4n) is 4.77. The van der Waals surface area contributed by atoms with Gasteiger partial charge in [-0.25, -0.2) is 4.79 Å². The van der Waals surface area contributed by atoms with Crippen LogP contribution in [0, 0.1) is 5.92 Å². The van der Waals surface area contributed by atoms with E-state index in [1.54, 1.807) is 13.0 Å². The number of ether oxygens (including phenoxy) is 3. The summed E-state index contributed by atoms with van der Waals surface area (Å²) in [6.07, 6.45) is 0.0611. The van der Waals surface area contributed by atoms with Crippen molar-refractivity contribution in [3.8, 4) is 21.9 Å². The predicted molar refractivity (Wildman–Crippen MR) is 145 cm³/mol. The number of halogens is 3. The molecule has 1 fully saturated rings. The highest BCUT2D eigenvalue weighted by Crippen LogP contribution is 2.42. The smallest absolute Gasteiger partial charge is 0.490 e. The summed E-state index contributed by atoms with van der Waals surface area (Å²) in [4.78, 5) is 12.6. The third-order valence-electron chi connectivity index (χ3n) is 6.90. The molecule has 2 aromatic carbocycles. The fourth-order valence-corrected chi connectivity index (χ4v) is 5.89. The van der Waals surface area contributed by atoms with Crippen molar-refractivity contribution in [2.75, 3.05) is 0 Å². The number of carbonyl (C=O) groups excluding carboxylic acids is 1. The molecular formula is C30H33F3O4S. The van der Waals surface area contributed by atoms with Crippen molar-refractivity contribution in [3.63, 3.8) is 0 Å². The molecule has 1 aliphatic rings. The van der Waals surface area contributed by atoms with E-state index in [9.17, 15) is 18.0 Å². The maximum absolute atomic E-state index is 13.2. The van der Waals surface area contributed by atoms with E-state index in [1.807, 2.05) is 37.3 Å². The van der Waals surface area contributed by atoms with Crippen LogP contribution in [0.25, 0.3) is 20.5 Å². The molecule has 0 N–H and O–H groups in total. The molecule has 0 radical (unpaired) electrons. The van der Waals surface area contributed by atoms with Gasteiger partial charge in [0.2, 0.25) is 0 Å². The molecule has 3 unspecified atom stereocenters. The largest absolute Gasteiger partial charge is 0.573 e. The molecule has 1 saturated carbocycles. The lowest BCUT2D eigenvalue weighted by molar-refractivity contribution is -0.274. The maximum Gasteiger partial charge on any atom is 0.573 e. The second-order valence-electron chi connectivity index (χ2n) is 9.96. The fraction of sp³-hybridized carbons (Fsp3) is 0.433. The Morgan fingerprint density at radius 1 is 1.08 bits per heavy atom. The molecule has 4 nitrogen and oxygen atoms in total. The van der Waals surface area contributed by atoms with Gasteiger partial charge in [-0.2, -0.15) is 0 Å². The van der Waals surface area contributed by atoms with Crippen LogP contribution < -0.4 is 9.47 Å². The van der Waals surface area contributed by atoms with Gasteiger partial charge in [0.25, 0.3) is 0 Å². The first kappa shape index (κ1) is 28.0. The zero-order valence-electron chi connectivity index (χ0n) is 21.9. The van der Waals surface area contributed by atoms with Crippen LogP contribution in [0.15, 0.2) is 54.6 Å². The van der Waals surface area contributed by atoms with E-state index in [0.29, 0.717) is 34.6 Å². The average molecular weight is 547 g/mol. The minimum absolute atomic E-state index is 0.0193. The summed E-state index contributed by atoms with van der Waals surface area (Å²) in [5, 5.41) is 0.912. The molecule has 3 atom stereocenters. The Balaban J connectivity index is 1.53. The van der Waals surface area contributed by atoms with Crippen molar-refractivity contribution in [1.29, 1.82) is 0 Å². The lowest BCUT2D eigenvalue weighted by Crippen LogP contribution is -2.28. The standard InChI is InChI=1S/C30H33F3O4S/c1-5-6-7-8-20-9-12-23(26(15-20)37-30(31,32)33)28-16-21-10-11-22(17-27(21)38-28)35-24-13-14-25(19(24)4)36-29(34)18(2)3/h9-12,15-17,19,24-25H,2,5-8,13-14H2,1,3-4H3. The highest BCUT2D eigenvalue weighted by Gasteiger charge is 2.37. The molecule has 0 amide bonds. The number of unbranched alkanes of at least 4 members (excludes halogenated alkanes) is 2. The highest BCUT2D eigenvalue weighted by molar-refractivity contribution is 7.22. The van der Waals surface area contributed by atoms with Gasteiger partial charge in [0.1, 0.15) is 23.7 Å². The molecule has 0 bridgehead atoms. The SMILES string of the molecule is C=C(C)C(=O)OC1CCC(Oc2ccc3cc(-c4ccc(CCCCC)cc4OC(F)(F)F)sc3c2)C1C. The number of hydrogen-bond acceptors (Lipinski definition) is 5. The van der Waals surface area contributed by atoms with Crippen molar-refractivity contribution in [3.05, 3.63) is 60.2 Å². The van der Waals surface area contributed by atoms with Gasteiger partial charge >= 0.3 is 12.3 Å². The third-order valence-corrected chi connectivity index (χ3v) is 8.03. The van der Waals surface area contributed by atoms with Crippen molar-refractivity contribution in [2.24, 2.45) is 5.92 Å². The van der Waals surface area contributed by atoms with E-state index in [-0.39, 0.29) is 23.9 Å². The van der Waals surface area contributed by atoms with Crippen molar-refractivity contribution in [2.45, 2.75) is 77.9 Å². The Hall–Kier alpha value is -3.00. The molecule has 0 aliphatic heterocycles. The first-order valence-corrected chi connectivity index (χ1v) is 13.8. The van der Waals surface area contributed by atoms with E-state index in [4.69, 9.17) is 9.47 Å². The molecule has 38 heavy (non-hydrogen) atoms. The summed E-state index contributed by atoms with van der Waals surface area (Å²) >= 11 is 1.40. The Morgan fingerprint density at radius 2 is 1.84 bits per heavy atom. The van der Waals surface area contributed by atoms with Crippen LogP contribution in [0.3, 0.4) is 0 Å². The lowest BCUT2D eigenvalue weighted by Gasteiger charge is -2.22. The summed E-state index contributed by atoms with van der Waals surface area (Å²) in [6.45, 7) is 9.35.